The molecule has 0 aliphatic heterocycles. The summed E-state index contributed by atoms with van der Waals surface area (Å²) in [4.78, 5) is 0. The second kappa shape index (κ2) is 5.60. The third kappa shape index (κ3) is 2.51. The Morgan fingerprint density at radius 2 is 1.48 bits per heavy atom. The molecular weight excluding hydrogens is 263 g/mol. The molecule has 104 valence electrons. The van der Waals surface area contributed by atoms with Gasteiger partial charge in [0.15, 0.2) is 0 Å². The molecule has 0 aromatic heterocycles. The van der Waals surface area contributed by atoms with Gasteiger partial charge in [0.1, 0.15) is 5.75 Å². The molecule has 0 bridgehead atoms. The molecule has 0 unspecified atom stereocenters. The van der Waals surface area contributed by atoms with Crippen LogP contribution in [0.1, 0.15) is 0 Å². The highest BCUT2D eigenvalue weighted by molar-refractivity contribution is 6.62. The van der Waals surface area contributed by atoms with Gasteiger partial charge in [0.2, 0.25) is 0 Å². The SMILES string of the molecule is COc1ccc(-c2cccc3c(B(O)O)cccc23)cc1. The van der Waals surface area contributed by atoms with E-state index in [2.05, 4.69) is 0 Å². The summed E-state index contributed by atoms with van der Waals surface area (Å²) < 4.78 is 5.18. The summed E-state index contributed by atoms with van der Waals surface area (Å²) in [6, 6.07) is 19.2. The first-order valence-corrected chi connectivity index (χ1v) is 6.73. The van der Waals surface area contributed by atoms with Crippen molar-refractivity contribution in [3.63, 3.8) is 0 Å². The molecule has 4 heteroatoms. The molecule has 0 amide bonds. The average molecular weight is 278 g/mol. The molecule has 0 saturated heterocycles. The van der Waals surface area contributed by atoms with Crippen LogP contribution in [-0.2, 0) is 0 Å². The number of methoxy groups -OCH3 is 1. The Kier molecular flexibility index (Phi) is 3.65. The van der Waals surface area contributed by atoms with Crippen LogP contribution in [-0.4, -0.2) is 24.3 Å². The lowest BCUT2D eigenvalue weighted by atomic mass is 9.76. The van der Waals surface area contributed by atoms with Crippen LogP contribution in [0.4, 0.5) is 0 Å². The Hall–Kier alpha value is -2.30. The fourth-order valence-electron chi connectivity index (χ4n) is 2.58. The number of hydrogen-bond acceptors (Lipinski definition) is 3. The van der Waals surface area contributed by atoms with Gasteiger partial charge in [-0.15, -0.1) is 0 Å². The van der Waals surface area contributed by atoms with Gasteiger partial charge < -0.3 is 14.8 Å². The lowest BCUT2D eigenvalue weighted by Crippen LogP contribution is -2.30. The lowest BCUT2D eigenvalue weighted by Gasteiger charge is -2.11. The summed E-state index contributed by atoms with van der Waals surface area (Å²) >= 11 is 0. The van der Waals surface area contributed by atoms with Crippen LogP contribution < -0.4 is 10.2 Å². The second-order valence-corrected chi connectivity index (χ2v) is 4.85. The van der Waals surface area contributed by atoms with E-state index in [0.717, 1.165) is 27.6 Å². The van der Waals surface area contributed by atoms with Gasteiger partial charge in [-0.25, -0.2) is 0 Å². The van der Waals surface area contributed by atoms with Crippen molar-refractivity contribution in [3.05, 3.63) is 60.7 Å². The average Bonchev–Trinajstić information content (AvgIpc) is 2.53. The highest BCUT2D eigenvalue weighted by Crippen LogP contribution is 2.29. The fourth-order valence-corrected chi connectivity index (χ4v) is 2.58. The summed E-state index contributed by atoms with van der Waals surface area (Å²) in [6.07, 6.45) is 0. The van der Waals surface area contributed by atoms with Gasteiger partial charge >= 0.3 is 7.12 Å². The van der Waals surface area contributed by atoms with E-state index in [9.17, 15) is 10.0 Å². The molecule has 3 aromatic rings. The van der Waals surface area contributed by atoms with Crippen molar-refractivity contribution in [2.75, 3.05) is 7.11 Å². The highest BCUT2D eigenvalue weighted by atomic mass is 16.5. The molecule has 0 aliphatic rings. The molecule has 3 nitrogen and oxygen atoms in total. The van der Waals surface area contributed by atoms with E-state index < -0.39 is 7.12 Å². The van der Waals surface area contributed by atoms with Crippen molar-refractivity contribution >= 4 is 23.4 Å². The summed E-state index contributed by atoms with van der Waals surface area (Å²) in [5.74, 6) is 0.811. The third-order valence-corrected chi connectivity index (χ3v) is 3.63. The molecule has 2 N–H and O–H groups in total. The van der Waals surface area contributed by atoms with Gasteiger partial charge in [0, 0.05) is 0 Å². The maximum atomic E-state index is 9.49. The zero-order valence-corrected chi connectivity index (χ0v) is 11.7. The minimum atomic E-state index is -1.47. The Labute approximate surface area is 123 Å². The van der Waals surface area contributed by atoms with Crippen molar-refractivity contribution in [2.45, 2.75) is 0 Å². The number of rotatable bonds is 3. The largest absolute Gasteiger partial charge is 0.497 e. The molecule has 21 heavy (non-hydrogen) atoms. The molecule has 0 radical (unpaired) electrons. The smallest absolute Gasteiger partial charge is 0.489 e. The first kappa shape index (κ1) is 13.7. The Balaban J connectivity index is 2.20. The van der Waals surface area contributed by atoms with Gasteiger partial charge in [0.25, 0.3) is 0 Å². The third-order valence-electron chi connectivity index (χ3n) is 3.63. The molecule has 0 aliphatic carbocycles. The summed E-state index contributed by atoms with van der Waals surface area (Å²) in [5, 5.41) is 20.8. The van der Waals surface area contributed by atoms with E-state index in [0.29, 0.717) is 5.46 Å². The van der Waals surface area contributed by atoms with Crippen LogP contribution in [0.5, 0.6) is 5.75 Å². The van der Waals surface area contributed by atoms with Crippen molar-refractivity contribution in [1.82, 2.24) is 0 Å². The minimum Gasteiger partial charge on any atom is -0.497 e. The zero-order valence-electron chi connectivity index (χ0n) is 11.7. The van der Waals surface area contributed by atoms with Crippen molar-refractivity contribution in [2.24, 2.45) is 0 Å². The predicted molar refractivity (Wildman–Crippen MR) is 85.8 cm³/mol. The highest BCUT2D eigenvalue weighted by Gasteiger charge is 2.15. The number of hydrogen-bond donors (Lipinski definition) is 2. The van der Waals surface area contributed by atoms with Crippen LogP contribution in [0.3, 0.4) is 0 Å². The fraction of sp³-hybridized carbons (Fsp3) is 0.0588. The molecule has 0 atom stereocenters. The monoisotopic (exact) mass is 278 g/mol. The second-order valence-electron chi connectivity index (χ2n) is 4.85. The van der Waals surface area contributed by atoms with E-state index in [1.807, 2.05) is 54.6 Å². The Morgan fingerprint density at radius 3 is 2.14 bits per heavy atom. The van der Waals surface area contributed by atoms with Crippen molar-refractivity contribution in [3.8, 4) is 16.9 Å². The van der Waals surface area contributed by atoms with E-state index in [4.69, 9.17) is 4.74 Å². The molecule has 3 rings (SSSR count). The zero-order chi connectivity index (χ0) is 14.8. The van der Waals surface area contributed by atoms with Crippen LogP contribution in [0, 0.1) is 0 Å². The molecule has 0 fully saturated rings. The van der Waals surface area contributed by atoms with Gasteiger partial charge in [0.05, 0.1) is 7.11 Å². The number of benzene rings is 3. The van der Waals surface area contributed by atoms with Gasteiger partial charge in [-0.1, -0.05) is 48.5 Å². The van der Waals surface area contributed by atoms with Gasteiger partial charge in [-0.05, 0) is 39.5 Å². The first-order valence-electron chi connectivity index (χ1n) is 6.73. The van der Waals surface area contributed by atoms with Gasteiger partial charge in [-0.2, -0.15) is 0 Å². The van der Waals surface area contributed by atoms with Gasteiger partial charge in [-0.3, -0.25) is 0 Å². The van der Waals surface area contributed by atoms with E-state index in [1.165, 1.54) is 0 Å². The molecule has 0 spiro atoms. The molecule has 0 saturated carbocycles. The van der Waals surface area contributed by atoms with Crippen LogP contribution >= 0.6 is 0 Å². The molecule has 3 aromatic carbocycles. The lowest BCUT2D eigenvalue weighted by molar-refractivity contribution is 0.415. The Morgan fingerprint density at radius 1 is 0.810 bits per heavy atom. The maximum absolute atomic E-state index is 9.49. The van der Waals surface area contributed by atoms with E-state index >= 15 is 0 Å². The summed E-state index contributed by atoms with van der Waals surface area (Å²) in [6.45, 7) is 0. The van der Waals surface area contributed by atoms with Crippen molar-refractivity contribution < 1.29 is 14.8 Å². The maximum Gasteiger partial charge on any atom is 0.489 e. The van der Waals surface area contributed by atoms with Crippen LogP contribution in [0.2, 0.25) is 0 Å². The van der Waals surface area contributed by atoms with E-state index in [1.54, 1.807) is 13.2 Å². The van der Waals surface area contributed by atoms with Crippen LogP contribution in [0.15, 0.2) is 60.7 Å². The molecular formula is C17H15BO3. The predicted octanol–water partition coefficient (Wildman–Crippen LogP) is 2.20. The quantitative estimate of drug-likeness (QED) is 0.722. The minimum absolute atomic E-state index is 0.517. The first-order chi connectivity index (χ1) is 10.2. The number of fused-ring (bicyclic) bond motifs is 1. The van der Waals surface area contributed by atoms with Crippen LogP contribution in [0.25, 0.3) is 21.9 Å². The Bertz CT molecular complexity index is 767. The normalized spacial score (nSPS) is 10.6. The molecule has 0 heterocycles. The standard InChI is InChI=1S/C17H15BO3/c1-21-13-10-8-12(9-11-13)14-4-2-6-16-15(14)5-3-7-17(16)18(19)20/h2-11,19-20H,1H3. The number of ether oxygens (including phenoxy) is 1. The topological polar surface area (TPSA) is 49.7 Å². The summed E-state index contributed by atoms with van der Waals surface area (Å²) in [7, 11) is 0.168. The van der Waals surface area contributed by atoms with E-state index in [-0.39, 0.29) is 0 Å². The summed E-state index contributed by atoms with van der Waals surface area (Å²) in [5.41, 5.74) is 2.63. The van der Waals surface area contributed by atoms with Crippen molar-refractivity contribution in [1.29, 1.82) is 0 Å².